The minimum atomic E-state index is -0.649. The number of amides is 2. The number of hydrogen-bond acceptors (Lipinski definition) is 4. The third kappa shape index (κ3) is 3.75. The van der Waals surface area contributed by atoms with Crippen molar-refractivity contribution in [2.45, 2.75) is 0 Å². The van der Waals surface area contributed by atoms with E-state index in [-0.39, 0.29) is 33.2 Å². The topological polar surface area (TPSA) is 110 Å². The number of nitrogens with one attached hydrogen (secondary N) is 2. The number of carbonyl (C=O) groups is 2. The molecule has 0 aliphatic rings. The maximum Gasteiger partial charge on any atom is 0.276 e. The first-order valence-corrected chi connectivity index (χ1v) is 8.07. The van der Waals surface area contributed by atoms with Crippen LogP contribution in [0, 0.1) is 5.82 Å². The summed E-state index contributed by atoms with van der Waals surface area (Å²) in [6.45, 7) is 0. The van der Waals surface area contributed by atoms with Crippen LogP contribution in [0.1, 0.15) is 20.8 Å². The lowest BCUT2D eigenvalue weighted by Gasteiger charge is -2.10. The Morgan fingerprint density at radius 3 is 2.70 bits per heavy atom. The number of primary amides is 1. The number of H-pyrrole nitrogens is 1. The lowest BCUT2D eigenvalue weighted by molar-refractivity contribution is 0.0995. The summed E-state index contributed by atoms with van der Waals surface area (Å²) in [4.78, 5) is 23.8. The van der Waals surface area contributed by atoms with E-state index in [1.54, 1.807) is 0 Å². The number of aromatic amines is 1. The van der Waals surface area contributed by atoms with Gasteiger partial charge in [0.2, 0.25) is 5.91 Å². The summed E-state index contributed by atoms with van der Waals surface area (Å²) in [7, 11) is 1.42. The first kappa shape index (κ1) is 18.4. The largest absolute Gasteiger partial charge is 0.495 e. The number of aromatic nitrogens is 2. The fraction of sp³-hybridized carbons (Fsp3) is 0.0556. The van der Waals surface area contributed by atoms with Gasteiger partial charge < -0.3 is 15.8 Å². The third-order valence-electron chi connectivity index (χ3n) is 3.77. The van der Waals surface area contributed by atoms with Gasteiger partial charge in [-0.2, -0.15) is 5.10 Å². The van der Waals surface area contributed by atoms with Crippen LogP contribution in [-0.4, -0.2) is 29.1 Å². The smallest absolute Gasteiger partial charge is 0.276 e. The van der Waals surface area contributed by atoms with Crippen molar-refractivity contribution in [1.29, 1.82) is 0 Å². The number of nitrogens with two attached hydrogens (primary N) is 1. The molecular formula is C18H14ClFN4O3. The minimum Gasteiger partial charge on any atom is -0.495 e. The van der Waals surface area contributed by atoms with E-state index in [9.17, 15) is 14.0 Å². The summed E-state index contributed by atoms with van der Waals surface area (Å²) >= 11 is 6.02. The van der Waals surface area contributed by atoms with E-state index in [1.807, 2.05) is 0 Å². The zero-order chi connectivity index (χ0) is 19.6. The van der Waals surface area contributed by atoms with Crippen molar-refractivity contribution in [3.05, 3.63) is 64.6 Å². The van der Waals surface area contributed by atoms with Gasteiger partial charge in [-0.1, -0.05) is 17.7 Å². The molecule has 0 aliphatic carbocycles. The molecule has 0 aliphatic heterocycles. The second-order valence-electron chi connectivity index (χ2n) is 5.50. The fourth-order valence-electron chi connectivity index (χ4n) is 2.47. The van der Waals surface area contributed by atoms with Crippen molar-refractivity contribution in [1.82, 2.24) is 10.2 Å². The lowest BCUT2D eigenvalue weighted by atomic mass is 10.1. The van der Waals surface area contributed by atoms with Gasteiger partial charge in [0.1, 0.15) is 11.6 Å². The van der Waals surface area contributed by atoms with Crippen molar-refractivity contribution in [3.8, 4) is 17.0 Å². The van der Waals surface area contributed by atoms with E-state index in [2.05, 4.69) is 15.5 Å². The fourth-order valence-corrected chi connectivity index (χ4v) is 2.73. The molecular weight excluding hydrogens is 375 g/mol. The molecule has 0 atom stereocenters. The van der Waals surface area contributed by atoms with Gasteiger partial charge in [-0.25, -0.2) is 4.39 Å². The van der Waals surface area contributed by atoms with Gasteiger partial charge in [-0.3, -0.25) is 14.7 Å². The average Bonchev–Trinajstić information content (AvgIpc) is 3.11. The third-order valence-corrected chi connectivity index (χ3v) is 4.09. The molecule has 9 heteroatoms. The van der Waals surface area contributed by atoms with Crippen LogP contribution in [0.4, 0.5) is 10.1 Å². The number of methoxy groups -OCH3 is 1. The minimum absolute atomic E-state index is 0.00384. The molecule has 0 bridgehead atoms. The molecule has 0 saturated carbocycles. The van der Waals surface area contributed by atoms with Gasteiger partial charge in [0, 0.05) is 5.56 Å². The number of halogens is 2. The van der Waals surface area contributed by atoms with Crippen LogP contribution >= 0.6 is 11.6 Å². The number of anilines is 1. The molecule has 1 heterocycles. The number of nitrogens with zero attached hydrogens (tertiary/aromatic N) is 1. The van der Waals surface area contributed by atoms with E-state index in [0.29, 0.717) is 5.75 Å². The highest BCUT2D eigenvalue weighted by molar-refractivity contribution is 6.33. The van der Waals surface area contributed by atoms with Crippen LogP contribution in [0.3, 0.4) is 0 Å². The van der Waals surface area contributed by atoms with Crippen LogP contribution in [0.25, 0.3) is 11.3 Å². The van der Waals surface area contributed by atoms with E-state index in [4.69, 9.17) is 22.1 Å². The second kappa shape index (κ2) is 7.46. The van der Waals surface area contributed by atoms with Gasteiger partial charge >= 0.3 is 0 Å². The van der Waals surface area contributed by atoms with Crippen LogP contribution in [0.2, 0.25) is 5.02 Å². The summed E-state index contributed by atoms with van der Waals surface area (Å²) in [5, 5.41) is 9.25. The van der Waals surface area contributed by atoms with E-state index >= 15 is 0 Å². The van der Waals surface area contributed by atoms with E-state index in [1.165, 1.54) is 49.6 Å². The number of benzene rings is 2. The first-order valence-electron chi connectivity index (χ1n) is 7.69. The summed E-state index contributed by atoms with van der Waals surface area (Å²) in [5.41, 5.74) is 6.06. The highest BCUT2D eigenvalue weighted by Crippen LogP contribution is 2.30. The Hall–Kier alpha value is -3.39. The summed E-state index contributed by atoms with van der Waals surface area (Å²) < 4.78 is 19.2. The second-order valence-corrected chi connectivity index (χ2v) is 5.90. The molecule has 0 spiro atoms. The predicted molar refractivity (Wildman–Crippen MR) is 98.5 cm³/mol. The Bertz CT molecular complexity index is 1010. The summed E-state index contributed by atoms with van der Waals surface area (Å²) in [5.74, 6) is -1.45. The van der Waals surface area contributed by atoms with Crippen molar-refractivity contribution in [2.24, 2.45) is 5.73 Å². The molecule has 2 amide bonds. The van der Waals surface area contributed by atoms with Gasteiger partial charge in [0.25, 0.3) is 5.91 Å². The Balaban J connectivity index is 1.89. The molecule has 3 aromatic rings. The Morgan fingerprint density at radius 1 is 1.26 bits per heavy atom. The van der Waals surface area contributed by atoms with Gasteiger partial charge in [0.15, 0.2) is 5.69 Å². The number of hydrogen-bond donors (Lipinski definition) is 3. The maximum atomic E-state index is 14.0. The predicted octanol–water partition coefficient (Wildman–Crippen LogP) is 3.23. The molecule has 3 rings (SSSR count). The summed E-state index contributed by atoms with van der Waals surface area (Å²) in [6, 6.07) is 9.99. The highest BCUT2D eigenvalue weighted by atomic mass is 35.5. The molecule has 7 nitrogen and oxygen atoms in total. The zero-order valence-electron chi connectivity index (χ0n) is 14.0. The van der Waals surface area contributed by atoms with Crippen LogP contribution < -0.4 is 15.8 Å². The number of ether oxygens (including phenoxy) is 1. The highest BCUT2D eigenvalue weighted by Gasteiger charge is 2.18. The molecule has 0 radical (unpaired) electrons. The monoisotopic (exact) mass is 388 g/mol. The Morgan fingerprint density at radius 2 is 2.04 bits per heavy atom. The Kier molecular flexibility index (Phi) is 5.09. The molecule has 138 valence electrons. The average molecular weight is 389 g/mol. The van der Waals surface area contributed by atoms with E-state index < -0.39 is 17.6 Å². The molecule has 0 unspecified atom stereocenters. The quantitative estimate of drug-likeness (QED) is 0.623. The Labute approximate surface area is 158 Å². The van der Waals surface area contributed by atoms with E-state index in [0.717, 1.165) is 0 Å². The van der Waals surface area contributed by atoms with Crippen molar-refractivity contribution < 1.29 is 18.7 Å². The van der Waals surface area contributed by atoms with Crippen LogP contribution in [0.15, 0.2) is 42.5 Å². The molecule has 4 N–H and O–H groups in total. The van der Waals surface area contributed by atoms with Crippen LogP contribution in [-0.2, 0) is 0 Å². The molecule has 2 aromatic carbocycles. The molecule has 0 saturated heterocycles. The SMILES string of the molecule is COc1ccc(C(N)=O)cc1NC(=O)c1cc(-c2c(F)cccc2Cl)[nH]n1. The molecule has 1 aromatic heterocycles. The number of carbonyl (C=O) groups excluding carboxylic acids is 2. The molecule has 27 heavy (non-hydrogen) atoms. The van der Waals surface area contributed by atoms with Gasteiger partial charge in [-0.05, 0) is 36.4 Å². The van der Waals surface area contributed by atoms with Crippen LogP contribution in [0.5, 0.6) is 5.75 Å². The summed E-state index contributed by atoms with van der Waals surface area (Å²) in [6.07, 6.45) is 0. The first-order chi connectivity index (χ1) is 12.9. The maximum absolute atomic E-state index is 14.0. The number of rotatable bonds is 5. The van der Waals surface area contributed by atoms with Crippen molar-refractivity contribution in [3.63, 3.8) is 0 Å². The zero-order valence-corrected chi connectivity index (χ0v) is 14.8. The van der Waals surface area contributed by atoms with Crippen molar-refractivity contribution >= 4 is 29.1 Å². The lowest BCUT2D eigenvalue weighted by Crippen LogP contribution is -2.15. The van der Waals surface area contributed by atoms with Gasteiger partial charge in [0.05, 0.1) is 29.1 Å². The standard InChI is InChI=1S/C18H14ClFN4O3/c1-27-15-6-5-9(17(21)25)7-12(15)22-18(26)14-8-13(23-24-14)16-10(19)3-2-4-11(16)20/h2-8H,1H3,(H2,21,25)(H,22,26)(H,23,24). The van der Waals surface area contributed by atoms with Gasteiger partial charge in [-0.15, -0.1) is 0 Å². The van der Waals surface area contributed by atoms with Crippen molar-refractivity contribution in [2.75, 3.05) is 12.4 Å². The normalized spacial score (nSPS) is 10.5. The molecule has 0 fully saturated rings.